The third-order valence-electron chi connectivity index (χ3n) is 6.09. The van der Waals surface area contributed by atoms with Crippen molar-refractivity contribution in [2.24, 2.45) is 0 Å². The monoisotopic (exact) mass is 490 g/mol. The molecule has 0 aliphatic heterocycles. The molecular formula is C28H26O8. The number of aromatic carboxylic acids is 4. The first-order valence-electron chi connectivity index (χ1n) is 11.4. The van der Waals surface area contributed by atoms with Gasteiger partial charge >= 0.3 is 23.9 Å². The van der Waals surface area contributed by atoms with E-state index in [0.29, 0.717) is 49.7 Å². The molecule has 186 valence electrons. The number of hydrogen-bond donors (Lipinski definition) is 4. The molecular weight excluding hydrogens is 464 g/mol. The Kier molecular flexibility index (Phi) is 8.57. The molecule has 8 nitrogen and oxygen atoms in total. The van der Waals surface area contributed by atoms with Gasteiger partial charge in [-0.25, -0.2) is 19.2 Å². The fourth-order valence-corrected chi connectivity index (χ4v) is 4.46. The van der Waals surface area contributed by atoms with Crippen molar-refractivity contribution in [2.75, 3.05) is 0 Å². The fourth-order valence-electron chi connectivity index (χ4n) is 4.46. The lowest BCUT2D eigenvalue weighted by Crippen LogP contribution is -2.12. The van der Waals surface area contributed by atoms with Crippen LogP contribution >= 0.6 is 0 Å². The summed E-state index contributed by atoms with van der Waals surface area (Å²) in [4.78, 5) is 46.1. The highest BCUT2D eigenvalue weighted by Crippen LogP contribution is 2.22. The largest absolute Gasteiger partial charge is 0.478 e. The third-order valence-corrected chi connectivity index (χ3v) is 6.09. The van der Waals surface area contributed by atoms with Crippen LogP contribution in [0.1, 0.15) is 76.5 Å². The maximum Gasteiger partial charge on any atom is 0.336 e. The Bertz CT molecular complexity index is 1210. The van der Waals surface area contributed by atoms with E-state index >= 15 is 0 Å². The van der Waals surface area contributed by atoms with Crippen LogP contribution in [0.2, 0.25) is 0 Å². The van der Waals surface area contributed by atoms with E-state index in [-0.39, 0.29) is 22.3 Å². The molecule has 8 heteroatoms. The van der Waals surface area contributed by atoms with Gasteiger partial charge in [-0.05, 0) is 72.9 Å². The number of carbonyl (C=O) groups is 4. The molecule has 0 aromatic heterocycles. The lowest BCUT2D eigenvalue weighted by atomic mass is 9.92. The van der Waals surface area contributed by atoms with Gasteiger partial charge in [-0.1, -0.05) is 48.5 Å². The molecule has 0 amide bonds. The van der Waals surface area contributed by atoms with Gasteiger partial charge in [0.25, 0.3) is 0 Å². The summed E-state index contributed by atoms with van der Waals surface area (Å²) in [6.45, 7) is 0. The Labute approximate surface area is 207 Å². The summed E-state index contributed by atoms with van der Waals surface area (Å²) in [5.41, 5.74) is 2.26. The highest BCUT2D eigenvalue weighted by Gasteiger charge is 2.21. The summed E-state index contributed by atoms with van der Waals surface area (Å²) in [6, 6.07) is 16.7. The van der Waals surface area contributed by atoms with Gasteiger partial charge in [-0.15, -0.1) is 0 Å². The summed E-state index contributed by atoms with van der Waals surface area (Å²) < 4.78 is 0. The van der Waals surface area contributed by atoms with E-state index in [2.05, 4.69) is 0 Å². The normalized spacial score (nSPS) is 10.7. The first-order valence-corrected chi connectivity index (χ1v) is 11.4. The van der Waals surface area contributed by atoms with E-state index in [1.54, 1.807) is 24.3 Å². The zero-order valence-corrected chi connectivity index (χ0v) is 19.4. The fraction of sp³-hybridized carbons (Fsp3) is 0.214. The molecule has 0 saturated heterocycles. The van der Waals surface area contributed by atoms with Crippen molar-refractivity contribution >= 4 is 23.9 Å². The summed E-state index contributed by atoms with van der Waals surface area (Å²) in [5.74, 6) is -5.09. The molecule has 0 saturated carbocycles. The maximum absolute atomic E-state index is 11.7. The number of carboxylic acid groups (broad SMARTS) is 4. The smallest absolute Gasteiger partial charge is 0.336 e. The van der Waals surface area contributed by atoms with Crippen molar-refractivity contribution < 1.29 is 39.6 Å². The zero-order chi connectivity index (χ0) is 26.2. The molecule has 3 rings (SSSR count). The second-order valence-corrected chi connectivity index (χ2v) is 8.38. The van der Waals surface area contributed by atoms with E-state index in [9.17, 15) is 39.6 Å². The third kappa shape index (κ3) is 6.15. The van der Waals surface area contributed by atoms with Crippen LogP contribution in [0.3, 0.4) is 0 Å². The Balaban J connectivity index is 1.68. The van der Waals surface area contributed by atoms with Crippen molar-refractivity contribution in [1.29, 1.82) is 0 Å². The van der Waals surface area contributed by atoms with Gasteiger partial charge in [-0.2, -0.15) is 0 Å². The Morgan fingerprint density at radius 1 is 0.444 bits per heavy atom. The van der Waals surface area contributed by atoms with Gasteiger partial charge in [0.2, 0.25) is 0 Å². The van der Waals surface area contributed by atoms with Crippen molar-refractivity contribution in [3.8, 4) is 0 Å². The number of benzene rings is 3. The standard InChI is InChI=1S/C28H26O8/c29-25(30)21-15-5-13-19(23(21)27(33)34)11-3-9-17-7-1-2-8-18(17)10-4-12-20-14-6-16-22(26(31)32)24(20)28(35)36/h1-2,5-8,13-16H,3-4,9-12H2,(H,29,30)(H,31,32)(H,33,34)(H,35,36). The van der Waals surface area contributed by atoms with Gasteiger partial charge in [0, 0.05) is 0 Å². The van der Waals surface area contributed by atoms with Gasteiger partial charge < -0.3 is 20.4 Å². The molecule has 4 N–H and O–H groups in total. The molecule has 0 atom stereocenters. The molecule has 3 aromatic rings. The molecule has 0 aliphatic carbocycles. The van der Waals surface area contributed by atoms with Crippen molar-refractivity contribution in [2.45, 2.75) is 38.5 Å². The zero-order valence-electron chi connectivity index (χ0n) is 19.4. The van der Waals surface area contributed by atoms with Crippen molar-refractivity contribution in [3.63, 3.8) is 0 Å². The minimum absolute atomic E-state index is 0.184. The van der Waals surface area contributed by atoms with Crippen molar-refractivity contribution in [3.05, 3.63) is 105 Å². The first kappa shape index (κ1) is 26.2. The topological polar surface area (TPSA) is 149 Å². The SMILES string of the molecule is O=C(O)c1cccc(CCCc2ccccc2CCCc2cccc(C(=O)O)c2C(=O)O)c1C(=O)O. The highest BCUT2D eigenvalue weighted by molar-refractivity contribution is 6.03. The Hall–Kier alpha value is -4.46. The van der Waals surface area contributed by atoms with Gasteiger partial charge in [0.05, 0.1) is 22.3 Å². The molecule has 36 heavy (non-hydrogen) atoms. The molecule has 0 bridgehead atoms. The van der Waals surface area contributed by atoms with Crippen LogP contribution in [0.25, 0.3) is 0 Å². The van der Waals surface area contributed by atoms with Gasteiger partial charge in [0.1, 0.15) is 0 Å². The second-order valence-electron chi connectivity index (χ2n) is 8.38. The predicted molar refractivity (Wildman–Crippen MR) is 131 cm³/mol. The van der Waals surface area contributed by atoms with Crippen LogP contribution in [0.4, 0.5) is 0 Å². The van der Waals surface area contributed by atoms with E-state index in [4.69, 9.17) is 0 Å². The van der Waals surface area contributed by atoms with E-state index in [1.165, 1.54) is 12.1 Å². The van der Waals surface area contributed by atoms with Gasteiger partial charge in [-0.3, -0.25) is 0 Å². The van der Waals surface area contributed by atoms with Crippen LogP contribution in [-0.4, -0.2) is 44.3 Å². The first-order chi connectivity index (χ1) is 17.2. The average molecular weight is 491 g/mol. The van der Waals surface area contributed by atoms with Crippen LogP contribution in [0, 0.1) is 0 Å². The number of hydrogen-bond acceptors (Lipinski definition) is 4. The number of carboxylic acids is 4. The molecule has 3 aromatic carbocycles. The predicted octanol–water partition coefficient (Wildman–Crippen LogP) is 4.83. The maximum atomic E-state index is 11.7. The molecule has 0 fully saturated rings. The van der Waals surface area contributed by atoms with E-state index in [1.807, 2.05) is 24.3 Å². The van der Waals surface area contributed by atoms with E-state index < -0.39 is 23.9 Å². The van der Waals surface area contributed by atoms with Crippen molar-refractivity contribution in [1.82, 2.24) is 0 Å². The van der Waals surface area contributed by atoms with Crippen LogP contribution in [-0.2, 0) is 25.7 Å². The van der Waals surface area contributed by atoms with Crippen LogP contribution < -0.4 is 0 Å². The Morgan fingerprint density at radius 3 is 1.11 bits per heavy atom. The minimum Gasteiger partial charge on any atom is -0.478 e. The molecule has 0 spiro atoms. The minimum atomic E-state index is -1.28. The van der Waals surface area contributed by atoms with Gasteiger partial charge in [0.15, 0.2) is 0 Å². The molecule has 0 aliphatic rings. The molecule has 0 unspecified atom stereocenters. The Morgan fingerprint density at radius 2 is 0.778 bits per heavy atom. The highest BCUT2D eigenvalue weighted by atomic mass is 16.4. The van der Waals surface area contributed by atoms with E-state index in [0.717, 1.165) is 11.1 Å². The summed E-state index contributed by atoms with van der Waals surface area (Å²) in [5, 5.41) is 37.6. The number of aryl methyl sites for hydroxylation is 4. The van der Waals surface area contributed by atoms with Crippen LogP contribution in [0.15, 0.2) is 60.7 Å². The number of rotatable bonds is 12. The lowest BCUT2D eigenvalue weighted by Gasteiger charge is -2.12. The summed E-state index contributed by atoms with van der Waals surface area (Å²) in [7, 11) is 0. The molecule has 0 radical (unpaired) electrons. The quantitative estimate of drug-likeness (QED) is 0.282. The van der Waals surface area contributed by atoms with Crippen LogP contribution in [0.5, 0.6) is 0 Å². The summed E-state index contributed by atoms with van der Waals surface area (Å²) in [6.07, 6.45) is 3.35. The molecule has 0 heterocycles. The second kappa shape index (κ2) is 11.8. The summed E-state index contributed by atoms with van der Waals surface area (Å²) >= 11 is 0. The average Bonchev–Trinajstić information content (AvgIpc) is 2.84. The lowest BCUT2D eigenvalue weighted by molar-refractivity contribution is 0.0650.